The van der Waals surface area contributed by atoms with Crippen molar-refractivity contribution in [2.45, 2.75) is 52.5 Å². The molecule has 0 heterocycles. The minimum absolute atomic E-state index is 0.201. The second-order valence-electron chi connectivity index (χ2n) is 5.73. The summed E-state index contributed by atoms with van der Waals surface area (Å²) in [6.45, 7) is 7.95. The molecule has 0 radical (unpaired) electrons. The molecule has 0 aromatic carbocycles. The van der Waals surface area contributed by atoms with Crippen molar-refractivity contribution in [3.05, 3.63) is 0 Å². The van der Waals surface area contributed by atoms with Crippen molar-refractivity contribution in [1.82, 2.24) is 10.2 Å². The molecule has 1 aliphatic carbocycles. The first-order chi connectivity index (χ1) is 7.44. The van der Waals surface area contributed by atoms with E-state index in [1.54, 1.807) is 4.90 Å². The fourth-order valence-electron chi connectivity index (χ4n) is 2.15. The Bertz CT molecular complexity index is 228. The summed E-state index contributed by atoms with van der Waals surface area (Å²) in [6, 6.07) is 0.544. The molecule has 1 N–H and O–H groups in total. The van der Waals surface area contributed by atoms with Gasteiger partial charge in [0.1, 0.15) is 0 Å². The Labute approximate surface area is 99.6 Å². The maximum Gasteiger partial charge on any atom is 0.236 e. The van der Waals surface area contributed by atoms with E-state index in [9.17, 15) is 4.79 Å². The summed E-state index contributed by atoms with van der Waals surface area (Å²) in [6.07, 6.45) is 4.94. The molecule has 0 unspecified atom stereocenters. The number of carbonyl (C=O) groups is 1. The first-order valence-corrected chi connectivity index (χ1v) is 6.42. The summed E-state index contributed by atoms with van der Waals surface area (Å²) in [5.74, 6) is 0.201. The van der Waals surface area contributed by atoms with Gasteiger partial charge in [0, 0.05) is 19.6 Å². The number of likely N-dealkylation sites (N-methyl/N-ethyl adjacent to an activating group) is 1. The number of nitrogens with zero attached hydrogens (tertiary/aromatic N) is 1. The van der Waals surface area contributed by atoms with Crippen LogP contribution in [-0.4, -0.2) is 37.0 Å². The summed E-state index contributed by atoms with van der Waals surface area (Å²) in [5.41, 5.74) is 0.502. The lowest BCUT2D eigenvalue weighted by Gasteiger charge is -2.34. The van der Waals surface area contributed by atoms with Gasteiger partial charge < -0.3 is 10.2 Å². The van der Waals surface area contributed by atoms with Crippen LogP contribution in [0.15, 0.2) is 0 Å². The van der Waals surface area contributed by atoms with Gasteiger partial charge in [-0.15, -0.1) is 0 Å². The zero-order chi connectivity index (χ0) is 12.2. The van der Waals surface area contributed by atoms with Crippen LogP contribution in [0.4, 0.5) is 0 Å². The van der Waals surface area contributed by atoms with E-state index in [0.717, 1.165) is 6.54 Å². The first kappa shape index (κ1) is 13.5. The largest absolute Gasteiger partial charge is 0.345 e. The number of carbonyl (C=O) groups excluding carboxylic acids is 1. The molecule has 1 rings (SSSR count). The Balaban J connectivity index is 2.22. The topological polar surface area (TPSA) is 32.3 Å². The summed E-state index contributed by atoms with van der Waals surface area (Å²) >= 11 is 0. The molecule has 1 fully saturated rings. The SMILES string of the molecule is CCN(C)C(=O)CNC1CCC(C)(C)CC1. The third-order valence-corrected chi connectivity index (χ3v) is 3.78. The highest BCUT2D eigenvalue weighted by Gasteiger charge is 2.26. The molecule has 0 aliphatic heterocycles. The summed E-state index contributed by atoms with van der Waals surface area (Å²) in [5, 5.41) is 3.38. The predicted octanol–water partition coefficient (Wildman–Crippen LogP) is 2.02. The average Bonchev–Trinajstić information content (AvgIpc) is 2.26. The van der Waals surface area contributed by atoms with Crippen LogP contribution in [0.5, 0.6) is 0 Å². The lowest BCUT2D eigenvalue weighted by molar-refractivity contribution is -0.128. The van der Waals surface area contributed by atoms with Crippen LogP contribution in [0.2, 0.25) is 0 Å². The van der Waals surface area contributed by atoms with Crippen molar-refractivity contribution < 1.29 is 4.79 Å². The number of hydrogen-bond acceptors (Lipinski definition) is 2. The second kappa shape index (κ2) is 5.67. The molecule has 0 aromatic heterocycles. The van der Waals surface area contributed by atoms with Crippen LogP contribution in [0, 0.1) is 5.41 Å². The Kier molecular flexibility index (Phi) is 4.78. The molecule has 16 heavy (non-hydrogen) atoms. The van der Waals surface area contributed by atoms with Gasteiger partial charge in [-0.3, -0.25) is 4.79 Å². The highest BCUT2D eigenvalue weighted by molar-refractivity contribution is 5.77. The fourth-order valence-corrected chi connectivity index (χ4v) is 2.15. The molecule has 3 heteroatoms. The van der Waals surface area contributed by atoms with E-state index < -0.39 is 0 Å². The smallest absolute Gasteiger partial charge is 0.236 e. The highest BCUT2D eigenvalue weighted by atomic mass is 16.2. The molecule has 0 bridgehead atoms. The third-order valence-electron chi connectivity index (χ3n) is 3.78. The van der Waals surface area contributed by atoms with E-state index in [-0.39, 0.29) is 5.91 Å². The average molecular weight is 226 g/mol. The minimum atomic E-state index is 0.201. The van der Waals surface area contributed by atoms with E-state index in [4.69, 9.17) is 0 Å². The van der Waals surface area contributed by atoms with E-state index in [1.807, 2.05) is 14.0 Å². The molecule has 94 valence electrons. The molecular weight excluding hydrogens is 200 g/mol. The zero-order valence-electron chi connectivity index (χ0n) is 11.2. The Hall–Kier alpha value is -0.570. The van der Waals surface area contributed by atoms with Gasteiger partial charge in [-0.05, 0) is 38.0 Å². The van der Waals surface area contributed by atoms with Gasteiger partial charge in [0.25, 0.3) is 0 Å². The number of hydrogen-bond donors (Lipinski definition) is 1. The van der Waals surface area contributed by atoms with Crippen LogP contribution >= 0.6 is 0 Å². The lowest BCUT2D eigenvalue weighted by atomic mass is 9.75. The predicted molar refractivity (Wildman–Crippen MR) is 67.4 cm³/mol. The van der Waals surface area contributed by atoms with E-state index >= 15 is 0 Å². The van der Waals surface area contributed by atoms with Crippen molar-refractivity contribution in [1.29, 1.82) is 0 Å². The van der Waals surface area contributed by atoms with Gasteiger partial charge >= 0.3 is 0 Å². The molecule has 3 nitrogen and oxygen atoms in total. The maximum atomic E-state index is 11.6. The molecular formula is C13H26N2O. The highest BCUT2D eigenvalue weighted by Crippen LogP contribution is 2.34. The van der Waals surface area contributed by atoms with Crippen molar-refractivity contribution in [3.63, 3.8) is 0 Å². The first-order valence-electron chi connectivity index (χ1n) is 6.42. The third kappa shape index (κ3) is 4.12. The number of rotatable bonds is 4. The van der Waals surface area contributed by atoms with Crippen LogP contribution in [0.1, 0.15) is 46.5 Å². The van der Waals surface area contributed by atoms with Crippen LogP contribution in [-0.2, 0) is 4.79 Å². The molecule has 1 amide bonds. The molecule has 0 spiro atoms. The summed E-state index contributed by atoms with van der Waals surface area (Å²) in [4.78, 5) is 13.4. The van der Waals surface area contributed by atoms with Gasteiger partial charge in [0.2, 0.25) is 5.91 Å². The maximum absolute atomic E-state index is 11.6. The van der Waals surface area contributed by atoms with Gasteiger partial charge in [0.15, 0.2) is 0 Å². The van der Waals surface area contributed by atoms with Gasteiger partial charge in [-0.2, -0.15) is 0 Å². The van der Waals surface area contributed by atoms with Crippen molar-refractivity contribution in [3.8, 4) is 0 Å². The zero-order valence-corrected chi connectivity index (χ0v) is 11.2. The Morgan fingerprint density at radius 3 is 2.44 bits per heavy atom. The molecule has 0 atom stereocenters. The van der Waals surface area contributed by atoms with Crippen molar-refractivity contribution >= 4 is 5.91 Å². The second-order valence-corrected chi connectivity index (χ2v) is 5.73. The fraction of sp³-hybridized carbons (Fsp3) is 0.923. The Morgan fingerprint density at radius 1 is 1.38 bits per heavy atom. The number of nitrogens with one attached hydrogen (secondary N) is 1. The molecule has 1 saturated carbocycles. The number of amides is 1. The molecule has 0 aromatic rings. The van der Waals surface area contributed by atoms with Crippen LogP contribution in [0.25, 0.3) is 0 Å². The van der Waals surface area contributed by atoms with Gasteiger partial charge in [0.05, 0.1) is 6.54 Å². The minimum Gasteiger partial charge on any atom is -0.345 e. The monoisotopic (exact) mass is 226 g/mol. The molecule has 0 saturated heterocycles. The van der Waals surface area contributed by atoms with Crippen molar-refractivity contribution in [2.75, 3.05) is 20.1 Å². The lowest BCUT2D eigenvalue weighted by Crippen LogP contribution is -2.42. The van der Waals surface area contributed by atoms with Gasteiger partial charge in [-0.1, -0.05) is 13.8 Å². The summed E-state index contributed by atoms with van der Waals surface area (Å²) < 4.78 is 0. The van der Waals surface area contributed by atoms with E-state index in [2.05, 4.69) is 19.2 Å². The molecule has 1 aliphatic rings. The van der Waals surface area contributed by atoms with E-state index in [1.165, 1.54) is 25.7 Å². The van der Waals surface area contributed by atoms with Crippen LogP contribution in [0.3, 0.4) is 0 Å². The van der Waals surface area contributed by atoms with Crippen molar-refractivity contribution in [2.24, 2.45) is 5.41 Å². The Morgan fingerprint density at radius 2 is 1.94 bits per heavy atom. The standard InChI is InChI=1S/C13H26N2O/c1-5-15(4)12(16)10-14-11-6-8-13(2,3)9-7-11/h11,14H,5-10H2,1-4H3. The summed E-state index contributed by atoms with van der Waals surface area (Å²) in [7, 11) is 1.86. The normalized spacial score (nSPS) is 20.8. The van der Waals surface area contributed by atoms with E-state index in [0.29, 0.717) is 18.0 Å². The van der Waals surface area contributed by atoms with Crippen LogP contribution < -0.4 is 5.32 Å². The van der Waals surface area contributed by atoms with Gasteiger partial charge in [-0.25, -0.2) is 0 Å². The quantitative estimate of drug-likeness (QED) is 0.795.